The number of ether oxygens (including phenoxy) is 1. The van der Waals surface area contributed by atoms with Crippen molar-refractivity contribution in [2.75, 3.05) is 13.1 Å². The van der Waals surface area contributed by atoms with Gasteiger partial charge in [0, 0.05) is 24.5 Å². The van der Waals surface area contributed by atoms with E-state index in [2.05, 4.69) is 15.6 Å². The van der Waals surface area contributed by atoms with E-state index in [1.807, 2.05) is 12.1 Å². The largest absolute Gasteiger partial charge is 0.479 e. The lowest BCUT2D eigenvalue weighted by Gasteiger charge is -2.23. The molecule has 112 valence electrons. The number of amides is 2. The Kier molecular flexibility index (Phi) is 4.15. The number of piperidine rings is 2. The fraction of sp³-hybridized carbons (Fsp3) is 0.533. The summed E-state index contributed by atoms with van der Waals surface area (Å²) >= 11 is 0. The average Bonchev–Trinajstić information content (AvgIpc) is 2.52. The summed E-state index contributed by atoms with van der Waals surface area (Å²) in [4.78, 5) is 27.2. The number of pyridine rings is 1. The lowest BCUT2D eigenvalue weighted by atomic mass is 9.94. The number of hydrogen-bond acceptors (Lipinski definition) is 5. The second-order valence-electron chi connectivity index (χ2n) is 5.50. The maximum Gasteiger partial charge on any atom is 0.267 e. The van der Waals surface area contributed by atoms with Crippen LogP contribution in [0.1, 0.15) is 37.3 Å². The molecule has 3 heterocycles. The predicted octanol–water partition coefficient (Wildman–Crippen LogP) is 0.733. The number of rotatable bonds is 3. The monoisotopic (exact) mass is 289 g/mol. The highest BCUT2D eigenvalue weighted by molar-refractivity contribution is 5.99. The summed E-state index contributed by atoms with van der Waals surface area (Å²) in [6.45, 7) is 2.06. The molecule has 3 rings (SSSR count). The predicted molar refractivity (Wildman–Crippen MR) is 75.9 cm³/mol. The highest BCUT2D eigenvalue weighted by Crippen LogP contribution is 2.25. The molecule has 0 bridgehead atoms. The third kappa shape index (κ3) is 3.39. The van der Waals surface area contributed by atoms with E-state index in [-0.39, 0.29) is 11.8 Å². The molecule has 1 aromatic heterocycles. The van der Waals surface area contributed by atoms with Gasteiger partial charge in [0.1, 0.15) is 5.75 Å². The molecule has 6 heteroatoms. The minimum atomic E-state index is -0.603. The smallest absolute Gasteiger partial charge is 0.267 e. The van der Waals surface area contributed by atoms with E-state index in [0.29, 0.717) is 24.5 Å². The van der Waals surface area contributed by atoms with Gasteiger partial charge in [-0.15, -0.1) is 0 Å². The SMILES string of the molecule is O=C1CCC(Oc2ccc(C3CCNCC3)nc2)C(=O)N1. The van der Waals surface area contributed by atoms with Crippen LogP contribution in [0.25, 0.3) is 0 Å². The molecule has 0 aliphatic carbocycles. The quantitative estimate of drug-likeness (QED) is 0.802. The van der Waals surface area contributed by atoms with Crippen LogP contribution in [0, 0.1) is 0 Å². The standard InChI is InChI=1S/C15H19N3O3/c19-14-4-3-13(15(20)18-14)21-11-1-2-12(17-9-11)10-5-7-16-8-6-10/h1-2,9-10,13,16H,3-8H2,(H,18,19,20). The van der Waals surface area contributed by atoms with Gasteiger partial charge in [0.15, 0.2) is 6.10 Å². The second kappa shape index (κ2) is 6.22. The first kappa shape index (κ1) is 14.0. The lowest BCUT2D eigenvalue weighted by Crippen LogP contribution is -2.46. The van der Waals surface area contributed by atoms with Crippen molar-refractivity contribution in [2.45, 2.75) is 37.7 Å². The van der Waals surface area contributed by atoms with Gasteiger partial charge < -0.3 is 10.1 Å². The maximum atomic E-state index is 11.6. The Morgan fingerprint density at radius 2 is 1.95 bits per heavy atom. The van der Waals surface area contributed by atoms with Crippen LogP contribution in [-0.2, 0) is 9.59 Å². The third-order valence-electron chi connectivity index (χ3n) is 3.98. The molecule has 2 aliphatic rings. The molecule has 1 aromatic rings. The number of carbonyl (C=O) groups excluding carboxylic acids is 2. The first-order valence-electron chi connectivity index (χ1n) is 7.39. The van der Waals surface area contributed by atoms with Crippen molar-refractivity contribution in [1.29, 1.82) is 0 Å². The molecule has 2 saturated heterocycles. The number of carbonyl (C=O) groups is 2. The summed E-state index contributed by atoms with van der Waals surface area (Å²) in [5.41, 5.74) is 1.08. The Morgan fingerprint density at radius 1 is 1.14 bits per heavy atom. The van der Waals surface area contributed by atoms with Gasteiger partial charge in [0.2, 0.25) is 5.91 Å². The molecular weight excluding hydrogens is 270 g/mol. The molecule has 2 N–H and O–H groups in total. The topological polar surface area (TPSA) is 80.3 Å². The molecule has 21 heavy (non-hydrogen) atoms. The van der Waals surface area contributed by atoms with Crippen LogP contribution in [0.15, 0.2) is 18.3 Å². The van der Waals surface area contributed by atoms with Gasteiger partial charge in [0.25, 0.3) is 5.91 Å². The number of imide groups is 1. The van der Waals surface area contributed by atoms with Gasteiger partial charge >= 0.3 is 0 Å². The van der Waals surface area contributed by atoms with E-state index in [1.54, 1.807) is 6.20 Å². The molecule has 2 amide bonds. The summed E-state index contributed by atoms with van der Waals surface area (Å²) in [6, 6.07) is 3.82. The van der Waals surface area contributed by atoms with Crippen LogP contribution in [0.5, 0.6) is 5.75 Å². The van der Waals surface area contributed by atoms with Gasteiger partial charge in [-0.1, -0.05) is 0 Å². The molecule has 2 aliphatic heterocycles. The average molecular weight is 289 g/mol. The third-order valence-corrected chi connectivity index (χ3v) is 3.98. The zero-order valence-electron chi connectivity index (χ0n) is 11.8. The van der Waals surface area contributed by atoms with Crippen molar-refractivity contribution in [3.8, 4) is 5.75 Å². The van der Waals surface area contributed by atoms with Gasteiger partial charge in [-0.05, 0) is 38.1 Å². The van der Waals surface area contributed by atoms with Crippen LogP contribution < -0.4 is 15.4 Å². The minimum absolute atomic E-state index is 0.237. The molecular formula is C15H19N3O3. The van der Waals surface area contributed by atoms with E-state index in [1.165, 1.54) is 0 Å². The molecule has 2 fully saturated rings. The second-order valence-corrected chi connectivity index (χ2v) is 5.50. The Morgan fingerprint density at radius 3 is 2.62 bits per heavy atom. The highest BCUT2D eigenvalue weighted by atomic mass is 16.5. The van der Waals surface area contributed by atoms with Crippen molar-refractivity contribution in [3.63, 3.8) is 0 Å². The Balaban J connectivity index is 1.61. The van der Waals surface area contributed by atoms with E-state index in [0.717, 1.165) is 31.6 Å². The number of nitrogens with one attached hydrogen (secondary N) is 2. The molecule has 1 unspecified atom stereocenters. The molecule has 0 aromatic carbocycles. The van der Waals surface area contributed by atoms with Crippen LogP contribution in [0.2, 0.25) is 0 Å². The molecule has 0 saturated carbocycles. The van der Waals surface area contributed by atoms with Crippen molar-refractivity contribution < 1.29 is 14.3 Å². The summed E-state index contributed by atoms with van der Waals surface area (Å²) in [5, 5.41) is 5.62. The van der Waals surface area contributed by atoms with Gasteiger partial charge in [-0.3, -0.25) is 19.9 Å². The first-order chi connectivity index (χ1) is 10.2. The summed E-state index contributed by atoms with van der Waals surface area (Å²) in [6.07, 6.45) is 3.99. The van der Waals surface area contributed by atoms with Crippen LogP contribution >= 0.6 is 0 Å². The zero-order valence-corrected chi connectivity index (χ0v) is 11.8. The van der Waals surface area contributed by atoms with E-state index < -0.39 is 6.10 Å². The molecule has 0 spiro atoms. The number of hydrogen-bond donors (Lipinski definition) is 2. The zero-order chi connectivity index (χ0) is 14.7. The van der Waals surface area contributed by atoms with Crippen molar-refractivity contribution in [3.05, 3.63) is 24.0 Å². The fourth-order valence-electron chi connectivity index (χ4n) is 2.77. The van der Waals surface area contributed by atoms with Crippen molar-refractivity contribution in [1.82, 2.24) is 15.6 Å². The molecule has 6 nitrogen and oxygen atoms in total. The minimum Gasteiger partial charge on any atom is -0.479 e. The van der Waals surface area contributed by atoms with Crippen LogP contribution in [0.3, 0.4) is 0 Å². The lowest BCUT2D eigenvalue weighted by molar-refractivity contribution is -0.138. The number of aromatic nitrogens is 1. The van der Waals surface area contributed by atoms with Crippen LogP contribution in [0.4, 0.5) is 0 Å². The fourth-order valence-corrected chi connectivity index (χ4v) is 2.77. The maximum absolute atomic E-state index is 11.6. The Labute approximate surface area is 123 Å². The van der Waals surface area contributed by atoms with Gasteiger partial charge in [-0.2, -0.15) is 0 Å². The van der Waals surface area contributed by atoms with E-state index >= 15 is 0 Å². The Hall–Kier alpha value is -1.95. The van der Waals surface area contributed by atoms with Gasteiger partial charge in [0.05, 0.1) is 6.20 Å². The first-order valence-corrected chi connectivity index (χ1v) is 7.39. The summed E-state index contributed by atoms with van der Waals surface area (Å²) in [5.74, 6) is 0.464. The van der Waals surface area contributed by atoms with Gasteiger partial charge in [-0.25, -0.2) is 0 Å². The molecule has 1 atom stereocenters. The van der Waals surface area contributed by atoms with E-state index in [9.17, 15) is 9.59 Å². The van der Waals surface area contributed by atoms with E-state index in [4.69, 9.17) is 4.74 Å². The van der Waals surface area contributed by atoms with Crippen molar-refractivity contribution in [2.24, 2.45) is 0 Å². The number of nitrogens with zero attached hydrogens (tertiary/aromatic N) is 1. The summed E-state index contributed by atoms with van der Waals surface area (Å²) in [7, 11) is 0. The molecule has 0 radical (unpaired) electrons. The van der Waals surface area contributed by atoms with Crippen molar-refractivity contribution >= 4 is 11.8 Å². The highest BCUT2D eigenvalue weighted by Gasteiger charge is 2.28. The summed E-state index contributed by atoms with van der Waals surface area (Å²) < 4.78 is 5.62. The van der Waals surface area contributed by atoms with Crippen LogP contribution in [-0.4, -0.2) is 36.0 Å². The normalized spacial score (nSPS) is 23.7. The Bertz CT molecular complexity index is 523.